The molecule has 3 heteroatoms. The van der Waals surface area contributed by atoms with Crippen molar-refractivity contribution in [1.82, 2.24) is 9.80 Å². The smallest absolute Gasteiger partial charge is 0.0586 e. The number of rotatable bonds is 5. The first-order valence-electron chi connectivity index (χ1n) is 6.47. The summed E-state index contributed by atoms with van der Waals surface area (Å²) in [5, 5.41) is 9.20. The van der Waals surface area contributed by atoms with E-state index in [1.54, 1.807) is 0 Å². The van der Waals surface area contributed by atoms with E-state index in [2.05, 4.69) is 9.80 Å². The number of aliphatic hydroxyl groups excluding tert-OH is 1. The number of hydrogen-bond donors (Lipinski definition) is 1. The fourth-order valence-electron chi connectivity index (χ4n) is 2.90. The Hall–Kier alpha value is -0.120. The molecular weight excluding hydrogens is 188 g/mol. The monoisotopic (exact) mass is 212 g/mol. The summed E-state index contributed by atoms with van der Waals surface area (Å²) < 4.78 is 0. The second-order valence-electron chi connectivity index (χ2n) is 4.92. The Morgan fingerprint density at radius 3 is 2.53 bits per heavy atom. The van der Waals surface area contributed by atoms with E-state index in [1.165, 1.54) is 64.8 Å². The fraction of sp³-hybridized carbons (Fsp3) is 1.00. The Kier molecular flexibility index (Phi) is 4.42. The second-order valence-corrected chi connectivity index (χ2v) is 4.92. The summed E-state index contributed by atoms with van der Waals surface area (Å²) in [6, 6.07) is 0.462. The standard InChI is InChI=1S/C12H24N2O/c15-11-12-5-3-9-14(12)10-4-8-13-6-1-2-7-13/h12,15H,1-11H2/t12-/m0/s1. The van der Waals surface area contributed by atoms with Crippen molar-refractivity contribution in [3.05, 3.63) is 0 Å². The predicted octanol–water partition coefficient (Wildman–Crippen LogP) is 0.929. The molecular formula is C12H24N2O. The average Bonchev–Trinajstić information content (AvgIpc) is 2.88. The number of hydrogen-bond acceptors (Lipinski definition) is 3. The molecule has 1 N–H and O–H groups in total. The van der Waals surface area contributed by atoms with E-state index in [4.69, 9.17) is 0 Å². The highest BCUT2D eigenvalue weighted by Crippen LogP contribution is 2.17. The van der Waals surface area contributed by atoms with Gasteiger partial charge >= 0.3 is 0 Å². The van der Waals surface area contributed by atoms with Crippen LogP contribution < -0.4 is 0 Å². The van der Waals surface area contributed by atoms with Gasteiger partial charge in [0.15, 0.2) is 0 Å². The van der Waals surface area contributed by atoms with Gasteiger partial charge in [0.25, 0.3) is 0 Å². The summed E-state index contributed by atoms with van der Waals surface area (Å²) in [5.74, 6) is 0. The maximum Gasteiger partial charge on any atom is 0.0586 e. The van der Waals surface area contributed by atoms with Gasteiger partial charge in [-0.3, -0.25) is 4.90 Å². The van der Waals surface area contributed by atoms with Gasteiger partial charge in [-0.15, -0.1) is 0 Å². The van der Waals surface area contributed by atoms with Crippen LogP contribution in [0.1, 0.15) is 32.1 Å². The Morgan fingerprint density at radius 2 is 1.80 bits per heavy atom. The average molecular weight is 212 g/mol. The van der Waals surface area contributed by atoms with Crippen molar-refractivity contribution < 1.29 is 5.11 Å². The van der Waals surface area contributed by atoms with Crippen molar-refractivity contribution in [1.29, 1.82) is 0 Å². The van der Waals surface area contributed by atoms with Gasteiger partial charge in [-0.1, -0.05) is 0 Å². The molecule has 3 nitrogen and oxygen atoms in total. The molecule has 0 amide bonds. The number of nitrogens with zero attached hydrogens (tertiary/aromatic N) is 2. The zero-order chi connectivity index (χ0) is 10.5. The first-order valence-corrected chi connectivity index (χ1v) is 6.47. The van der Waals surface area contributed by atoms with Gasteiger partial charge < -0.3 is 10.0 Å². The zero-order valence-corrected chi connectivity index (χ0v) is 9.70. The van der Waals surface area contributed by atoms with Gasteiger partial charge in [0.05, 0.1) is 6.61 Å². The maximum atomic E-state index is 9.20. The molecule has 0 aromatic heterocycles. The molecule has 2 rings (SSSR count). The molecule has 2 aliphatic heterocycles. The summed E-state index contributed by atoms with van der Waals surface area (Å²) in [5.41, 5.74) is 0. The minimum atomic E-state index is 0.351. The first-order chi connectivity index (χ1) is 7.40. The normalized spacial score (nSPS) is 29.0. The van der Waals surface area contributed by atoms with E-state index in [0.29, 0.717) is 12.6 Å². The molecule has 0 unspecified atom stereocenters. The van der Waals surface area contributed by atoms with Crippen molar-refractivity contribution in [3.63, 3.8) is 0 Å². The van der Waals surface area contributed by atoms with Crippen LogP contribution in [0, 0.1) is 0 Å². The zero-order valence-electron chi connectivity index (χ0n) is 9.70. The second kappa shape index (κ2) is 5.83. The van der Waals surface area contributed by atoms with Gasteiger partial charge in [0.2, 0.25) is 0 Å². The molecule has 2 saturated heterocycles. The molecule has 2 aliphatic rings. The molecule has 15 heavy (non-hydrogen) atoms. The highest BCUT2D eigenvalue weighted by Gasteiger charge is 2.23. The molecule has 0 aromatic rings. The van der Waals surface area contributed by atoms with Crippen LogP contribution in [0.2, 0.25) is 0 Å². The minimum absolute atomic E-state index is 0.351. The summed E-state index contributed by atoms with van der Waals surface area (Å²) >= 11 is 0. The van der Waals surface area contributed by atoms with E-state index in [-0.39, 0.29) is 0 Å². The van der Waals surface area contributed by atoms with E-state index in [1.807, 2.05) is 0 Å². The molecule has 0 aliphatic carbocycles. The number of aliphatic hydroxyl groups is 1. The van der Waals surface area contributed by atoms with Crippen LogP contribution in [0.3, 0.4) is 0 Å². The van der Waals surface area contributed by atoms with Crippen LogP contribution in [0.4, 0.5) is 0 Å². The summed E-state index contributed by atoms with van der Waals surface area (Å²) in [6.07, 6.45) is 6.53. The molecule has 0 aromatic carbocycles. The van der Waals surface area contributed by atoms with Gasteiger partial charge in [-0.2, -0.15) is 0 Å². The molecule has 0 saturated carbocycles. The molecule has 0 radical (unpaired) electrons. The van der Waals surface area contributed by atoms with E-state index in [0.717, 1.165) is 0 Å². The summed E-state index contributed by atoms with van der Waals surface area (Å²) in [4.78, 5) is 5.04. The van der Waals surface area contributed by atoms with E-state index < -0.39 is 0 Å². The van der Waals surface area contributed by atoms with Crippen molar-refractivity contribution in [3.8, 4) is 0 Å². The Balaban J connectivity index is 1.60. The van der Waals surface area contributed by atoms with Crippen LogP contribution in [0.25, 0.3) is 0 Å². The van der Waals surface area contributed by atoms with Crippen molar-refractivity contribution >= 4 is 0 Å². The minimum Gasteiger partial charge on any atom is -0.395 e. The van der Waals surface area contributed by atoms with E-state index >= 15 is 0 Å². The highest BCUT2D eigenvalue weighted by atomic mass is 16.3. The Morgan fingerprint density at radius 1 is 1.00 bits per heavy atom. The molecule has 88 valence electrons. The third-order valence-electron chi connectivity index (χ3n) is 3.83. The lowest BCUT2D eigenvalue weighted by Gasteiger charge is -2.23. The third-order valence-corrected chi connectivity index (χ3v) is 3.83. The molecule has 1 atom stereocenters. The fourth-order valence-corrected chi connectivity index (χ4v) is 2.90. The Bertz CT molecular complexity index is 180. The molecule has 0 bridgehead atoms. The third kappa shape index (κ3) is 3.16. The largest absolute Gasteiger partial charge is 0.395 e. The molecule has 2 heterocycles. The topological polar surface area (TPSA) is 26.7 Å². The van der Waals surface area contributed by atoms with Gasteiger partial charge in [0, 0.05) is 6.04 Å². The van der Waals surface area contributed by atoms with Crippen LogP contribution in [-0.2, 0) is 0 Å². The highest BCUT2D eigenvalue weighted by molar-refractivity contribution is 4.78. The van der Waals surface area contributed by atoms with Crippen molar-refractivity contribution in [2.45, 2.75) is 38.1 Å². The van der Waals surface area contributed by atoms with E-state index in [9.17, 15) is 5.11 Å². The summed E-state index contributed by atoms with van der Waals surface area (Å²) in [7, 11) is 0. The maximum absolute atomic E-state index is 9.20. The summed E-state index contributed by atoms with van der Waals surface area (Å²) in [6.45, 7) is 6.61. The lowest BCUT2D eigenvalue weighted by molar-refractivity contribution is 0.153. The van der Waals surface area contributed by atoms with Gasteiger partial charge in [-0.05, 0) is 64.8 Å². The van der Waals surface area contributed by atoms with Crippen LogP contribution in [-0.4, -0.2) is 60.3 Å². The quantitative estimate of drug-likeness (QED) is 0.734. The van der Waals surface area contributed by atoms with Crippen LogP contribution in [0.15, 0.2) is 0 Å². The van der Waals surface area contributed by atoms with Crippen molar-refractivity contribution in [2.75, 3.05) is 39.3 Å². The lowest BCUT2D eigenvalue weighted by atomic mass is 10.2. The van der Waals surface area contributed by atoms with Gasteiger partial charge in [-0.25, -0.2) is 0 Å². The Labute approximate surface area is 93.1 Å². The van der Waals surface area contributed by atoms with Gasteiger partial charge in [0.1, 0.15) is 0 Å². The van der Waals surface area contributed by atoms with Crippen LogP contribution in [0.5, 0.6) is 0 Å². The first kappa shape index (κ1) is 11.4. The van der Waals surface area contributed by atoms with Crippen molar-refractivity contribution in [2.24, 2.45) is 0 Å². The predicted molar refractivity (Wildman–Crippen MR) is 62.0 cm³/mol. The lowest BCUT2D eigenvalue weighted by Crippen LogP contribution is -2.34. The number of likely N-dealkylation sites (tertiary alicyclic amines) is 2. The molecule has 2 fully saturated rings. The SMILES string of the molecule is OC[C@@H]1CCCN1CCCN1CCCC1. The molecule has 0 spiro atoms. The van der Waals surface area contributed by atoms with Crippen LogP contribution >= 0.6 is 0 Å².